The monoisotopic (exact) mass is 541 g/mol. The van der Waals surface area contributed by atoms with Crippen LogP contribution >= 0.6 is 24.0 Å². The van der Waals surface area contributed by atoms with Gasteiger partial charge >= 0.3 is 0 Å². The molecule has 0 aromatic heterocycles. The predicted molar refractivity (Wildman–Crippen MR) is 135 cm³/mol. The number of likely N-dealkylation sites (tertiary alicyclic amines) is 2. The van der Waals surface area contributed by atoms with Crippen LogP contribution in [0.25, 0.3) is 0 Å². The third-order valence-electron chi connectivity index (χ3n) is 6.02. The van der Waals surface area contributed by atoms with Crippen molar-refractivity contribution in [2.75, 3.05) is 32.7 Å². The number of benzene rings is 1. The minimum Gasteiger partial charge on any atom is -0.357 e. The third kappa shape index (κ3) is 7.45. The second-order valence-corrected chi connectivity index (χ2v) is 8.09. The molecule has 2 N–H and O–H groups in total. The van der Waals surface area contributed by atoms with Crippen LogP contribution in [-0.2, 0) is 9.59 Å². The van der Waals surface area contributed by atoms with E-state index in [1.54, 1.807) is 0 Å². The Morgan fingerprint density at radius 2 is 1.77 bits per heavy atom. The maximum atomic E-state index is 11.9. The maximum absolute atomic E-state index is 11.9. The van der Waals surface area contributed by atoms with E-state index < -0.39 is 0 Å². The highest BCUT2D eigenvalue weighted by Gasteiger charge is 2.26. The number of piperidine rings is 2. The number of hydrogen-bond donors (Lipinski definition) is 2. The highest BCUT2D eigenvalue weighted by atomic mass is 127. The smallest absolute Gasteiger partial charge is 0.229 e. The summed E-state index contributed by atoms with van der Waals surface area (Å²) in [5, 5.41) is 6.83. The van der Waals surface area contributed by atoms with Crippen LogP contribution in [0.5, 0.6) is 0 Å². The van der Waals surface area contributed by atoms with Gasteiger partial charge in [0.25, 0.3) is 0 Å². The molecule has 0 aliphatic carbocycles. The van der Waals surface area contributed by atoms with Gasteiger partial charge in [-0.3, -0.25) is 24.4 Å². The van der Waals surface area contributed by atoms with Crippen LogP contribution in [0.15, 0.2) is 35.3 Å². The summed E-state index contributed by atoms with van der Waals surface area (Å²) in [6.07, 6.45) is 3.72. The van der Waals surface area contributed by atoms with Crippen molar-refractivity contribution in [3.8, 4) is 0 Å². The van der Waals surface area contributed by atoms with Gasteiger partial charge in [-0.15, -0.1) is 24.0 Å². The molecule has 0 radical (unpaired) electrons. The number of nitrogens with zero attached hydrogens (tertiary/aromatic N) is 3. The molecule has 0 bridgehead atoms. The number of guanidine groups is 1. The molecule has 2 saturated heterocycles. The van der Waals surface area contributed by atoms with E-state index in [0.29, 0.717) is 44.4 Å². The van der Waals surface area contributed by atoms with Gasteiger partial charge in [-0.1, -0.05) is 30.3 Å². The van der Waals surface area contributed by atoms with Gasteiger partial charge in [-0.25, -0.2) is 0 Å². The third-order valence-corrected chi connectivity index (χ3v) is 6.02. The Balaban J connectivity index is 0.00000341. The molecule has 1 aromatic rings. The van der Waals surface area contributed by atoms with Crippen LogP contribution in [0.2, 0.25) is 0 Å². The van der Waals surface area contributed by atoms with Crippen LogP contribution in [0.3, 0.4) is 0 Å². The quantitative estimate of drug-likeness (QED) is 0.240. The molecule has 1 atom stereocenters. The number of imide groups is 1. The number of nitrogens with one attached hydrogen (secondary N) is 2. The van der Waals surface area contributed by atoms with E-state index in [1.807, 2.05) is 6.92 Å². The van der Waals surface area contributed by atoms with E-state index in [4.69, 9.17) is 0 Å². The summed E-state index contributed by atoms with van der Waals surface area (Å²) in [5.41, 5.74) is 1.36. The molecular weight excluding hydrogens is 505 g/mol. The Morgan fingerprint density at radius 3 is 2.39 bits per heavy atom. The lowest BCUT2D eigenvalue weighted by atomic mass is 10.0. The number of carbonyl (C=O) groups excluding carboxylic acids is 2. The van der Waals surface area contributed by atoms with E-state index in [0.717, 1.165) is 38.4 Å². The van der Waals surface area contributed by atoms with E-state index in [9.17, 15) is 9.59 Å². The Bertz CT molecular complexity index is 719. The van der Waals surface area contributed by atoms with E-state index in [1.165, 1.54) is 10.5 Å². The largest absolute Gasteiger partial charge is 0.357 e. The molecule has 0 spiro atoms. The molecule has 2 amide bonds. The SMILES string of the molecule is CCNC(=NCCN1C(=O)CCCC1=O)NC1CCN(C(C)c2ccccc2)CC1.I. The fourth-order valence-electron chi connectivity index (χ4n) is 4.20. The van der Waals surface area contributed by atoms with Gasteiger partial charge in [0, 0.05) is 51.1 Å². The van der Waals surface area contributed by atoms with Crippen LogP contribution in [0.4, 0.5) is 0 Å². The van der Waals surface area contributed by atoms with Crippen molar-refractivity contribution in [2.24, 2.45) is 4.99 Å². The first kappa shape index (κ1) is 25.6. The van der Waals surface area contributed by atoms with Gasteiger partial charge in [-0.05, 0) is 38.7 Å². The predicted octanol–water partition coefficient (Wildman–Crippen LogP) is 2.92. The fraction of sp³-hybridized carbons (Fsp3) is 0.609. The highest BCUT2D eigenvalue weighted by Crippen LogP contribution is 2.24. The molecule has 1 unspecified atom stereocenters. The molecule has 0 saturated carbocycles. The molecule has 2 aliphatic heterocycles. The zero-order valence-electron chi connectivity index (χ0n) is 18.7. The Hall–Kier alpha value is -1.68. The summed E-state index contributed by atoms with van der Waals surface area (Å²) in [6, 6.07) is 11.5. The lowest BCUT2D eigenvalue weighted by Crippen LogP contribution is -2.49. The Morgan fingerprint density at radius 1 is 1.13 bits per heavy atom. The minimum absolute atomic E-state index is 0. The van der Waals surface area contributed by atoms with E-state index in [-0.39, 0.29) is 35.8 Å². The number of amides is 2. The zero-order valence-corrected chi connectivity index (χ0v) is 21.0. The maximum Gasteiger partial charge on any atom is 0.229 e. The summed E-state index contributed by atoms with van der Waals surface area (Å²) < 4.78 is 0. The minimum atomic E-state index is -0.0701. The second kappa shape index (κ2) is 13.0. The van der Waals surface area contributed by atoms with Crippen molar-refractivity contribution in [1.29, 1.82) is 0 Å². The van der Waals surface area contributed by atoms with Gasteiger partial charge in [0.05, 0.1) is 6.54 Å². The Labute approximate surface area is 203 Å². The standard InChI is InChI=1S/C23H35N5O2.HI/c1-3-24-23(25-14-17-28-21(29)10-7-11-22(28)30)26-20-12-15-27(16-13-20)18(2)19-8-5-4-6-9-19;/h4-6,8-9,18,20H,3,7,10-17H2,1-2H3,(H2,24,25,26);1H. The van der Waals surface area contributed by atoms with Crippen molar-refractivity contribution >= 4 is 41.8 Å². The average molecular weight is 541 g/mol. The van der Waals surface area contributed by atoms with Crippen molar-refractivity contribution in [3.63, 3.8) is 0 Å². The van der Waals surface area contributed by atoms with Crippen LogP contribution < -0.4 is 10.6 Å². The number of carbonyl (C=O) groups is 2. The molecule has 2 fully saturated rings. The number of aliphatic imine (C=N–C) groups is 1. The lowest BCUT2D eigenvalue weighted by molar-refractivity contribution is -0.147. The summed E-state index contributed by atoms with van der Waals surface area (Å²) in [6.45, 7) is 7.97. The second-order valence-electron chi connectivity index (χ2n) is 8.09. The van der Waals surface area contributed by atoms with Crippen molar-refractivity contribution in [1.82, 2.24) is 20.4 Å². The number of hydrogen-bond acceptors (Lipinski definition) is 4. The zero-order chi connectivity index (χ0) is 21.3. The summed E-state index contributed by atoms with van der Waals surface area (Å²) in [4.78, 5) is 32.4. The molecule has 2 aliphatic rings. The molecule has 31 heavy (non-hydrogen) atoms. The molecular formula is C23H36IN5O2. The van der Waals surface area contributed by atoms with Gasteiger partial charge in [0.2, 0.25) is 11.8 Å². The first-order valence-corrected chi connectivity index (χ1v) is 11.3. The van der Waals surface area contributed by atoms with E-state index in [2.05, 4.69) is 57.8 Å². The normalized spacial score (nSPS) is 19.7. The summed E-state index contributed by atoms with van der Waals surface area (Å²) >= 11 is 0. The molecule has 7 nitrogen and oxygen atoms in total. The molecule has 1 aromatic carbocycles. The molecule has 172 valence electrons. The van der Waals surface area contributed by atoms with Crippen molar-refractivity contribution in [2.45, 2.75) is 58.0 Å². The highest BCUT2D eigenvalue weighted by molar-refractivity contribution is 14.0. The average Bonchev–Trinajstić information content (AvgIpc) is 2.76. The number of halogens is 1. The fourth-order valence-corrected chi connectivity index (χ4v) is 4.20. The van der Waals surface area contributed by atoms with Gasteiger partial charge in [0.1, 0.15) is 0 Å². The topological polar surface area (TPSA) is 77.0 Å². The van der Waals surface area contributed by atoms with Crippen LogP contribution in [-0.4, -0.2) is 66.3 Å². The number of rotatable bonds is 7. The molecule has 8 heteroatoms. The summed E-state index contributed by atoms with van der Waals surface area (Å²) in [5.74, 6) is 0.627. The molecule has 2 heterocycles. The van der Waals surface area contributed by atoms with Crippen LogP contribution in [0.1, 0.15) is 57.6 Å². The van der Waals surface area contributed by atoms with Gasteiger partial charge in [0.15, 0.2) is 5.96 Å². The Kier molecular flexibility index (Phi) is 10.7. The van der Waals surface area contributed by atoms with E-state index >= 15 is 0 Å². The molecule has 3 rings (SSSR count). The summed E-state index contributed by atoms with van der Waals surface area (Å²) in [7, 11) is 0. The lowest BCUT2D eigenvalue weighted by Gasteiger charge is -2.37. The first-order chi connectivity index (χ1) is 14.6. The van der Waals surface area contributed by atoms with Gasteiger partial charge < -0.3 is 10.6 Å². The van der Waals surface area contributed by atoms with Gasteiger partial charge in [-0.2, -0.15) is 0 Å². The van der Waals surface area contributed by atoms with Crippen LogP contribution in [0, 0.1) is 0 Å². The van der Waals surface area contributed by atoms with Crippen molar-refractivity contribution in [3.05, 3.63) is 35.9 Å². The van der Waals surface area contributed by atoms with Crippen molar-refractivity contribution < 1.29 is 9.59 Å². The first-order valence-electron chi connectivity index (χ1n) is 11.3.